The maximum absolute atomic E-state index is 12.5. The summed E-state index contributed by atoms with van der Waals surface area (Å²) in [6.07, 6.45) is 6.02. The number of aliphatic hydroxyl groups excluding tert-OH is 1. The van der Waals surface area contributed by atoms with Gasteiger partial charge in [0.1, 0.15) is 0 Å². The summed E-state index contributed by atoms with van der Waals surface area (Å²) in [5.74, 6) is 0.198. The lowest BCUT2D eigenvalue weighted by Gasteiger charge is -2.34. The molecular formula is C12H22N2O2. The zero-order valence-corrected chi connectivity index (χ0v) is 9.82. The molecule has 0 spiro atoms. The van der Waals surface area contributed by atoms with Crippen LogP contribution in [0, 0.1) is 5.41 Å². The minimum atomic E-state index is -0.308. The van der Waals surface area contributed by atoms with E-state index in [4.69, 9.17) is 5.73 Å². The van der Waals surface area contributed by atoms with Gasteiger partial charge in [-0.3, -0.25) is 4.79 Å². The van der Waals surface area contributed by atoms with E-state index in [1.807, 2.05) is 4.90 Å². The number of rotatable bonds is 3. The summed E-state index contributed by atoms with van der Waals surface area (Å²) < 4.78 is 0. The van der Waals surface area contributed by atoms with Gasteiger partial charge in [0.15, 0.2) is 0 Å². The Bertz CT molecular complexity index is 262. The van der Waals surface area contributed by atoms with Crippen molar-refractivity contribution in [3.63, 3.8) is 0 Å². The number of likely N-dealkylation sites (tertiary alicyclic amines) is 1. The highest BCUT2D eigenvalue weighted by Crippen LogP contribution is 2.40. The number of carbonyl (C=O) groups excluding carboxylic acids is 1. The van der Waals surface area contributed by atoms with E-state index in [-0.39, 0.29) is 24.0 Å². The first-order chi connectivity index (χ1) is 7.73. The molecule has 3 N–H and O–H groups in total. The van der Waals surface area contributed by atoms with Crippen molar-refractivity contribution in [2.45, 2.75) is 44.6 Å². The van der Waals surface area contributed by atoms with E-state index in [0.717, 1.165) is 45.1 Å². The Morgan fingerprint density at radius 3 is 2.62 bits per heavy atom. The fourth-order valence-corrected chi connectivity index (χ4v) is 3.15. The molecule has 0 bridgehead atoms. The highest BCUT2D eigenvalue weighted by atomic mass is 16.3. The van der Waals surface area contributed by atoms with Crippen LogP contribution in [-0.2, 0) is 4.79 Å². The van der Waals surface area contributed by atoms with Gasteiger partial charge in [-0.25, -0.2) is 0 Å². The molecule has 4 nitrogen and oxygen atoms in total. The van der Waals surface area contributed by atoms with Gasteiger partial charge in [-0.15, -0.1) is 0 Å². The summed E-state index contributed by atoms with van der Waals surface area (Å²) in [6.45, 7) is 1.35. The molecule has 1 aliphatic carbocycles. The van der Waals surface area contributed by atoms with Gasteiger partial charge < -0.3 is 15.7 Å². The predicted octanol–water partition coefficient (Wildman–Crippen LogP) is 0.489. The summed E-state index contributed by atoms with van der Waals surface area (Å²) in [6, 6.07) is 0.0384. The van der Waals surface area contributed by atoms with Crippen molar-refractivity contribution in [3.05, 3.63) is 0 Å². The lowest BCUT2D eigenvalue weighted by Crippen LogP contribution is -2.49. The molecule has 1 atom stereocenters. The monoisotopic (exact) mass is 226 g/mol. The Balaban J connectivity index is 2.10. The van der Waals surface area contributed by atoms with Crippen LogP contribution < -0.4 is 5.73 Å². The van der Waals surface area contributed by atoms with Crippen LogP contribution in [0.25, 0.3) is 0 Å². The number of amides is 1. The van der Waals surface area contributed by atoms with Crippen molar-refractivity contribution < 1.29 is 9.90 Å². The average molecular weight is 226 g/mol. The molecule has 0 aromatic rings. The fourth-order valence-electron chi connectivity index (χ4n) is 3.15. The van der Waals surface area contributed by atoms with Crippen LogP contribution in [0.15, 0.2) is 0 Å². The molecule has 1 saturated heterocycles. The molecule has 16 heavy (non-hydrogen) atoms. The Morgan fingerprint density at radius 1 is 1.38 bits per heavy atom. The van der Waals surface area contributed by atoms with Gasteiger partial charge >= 0.3 is 0 Å². The number of aliphatic hydroxyl groups is 1. The number of nitrogens with zero attached hydrogens (tertiary/aromatic N) is 1. The largest absolute Gasteiger partial charge is 0.394 e. The van der Waals surface area contributed by atoms with Crippen LogP contribution >= 0.6 is 0 Å². The molecule has 0 aromatic heterocycles. The fraction of sp³-hybridized carbons (Fsp3) is 0.917. The maximum atomic E-state index is 12.5. The molecule has 92 valence electrons. The topological polar surface area (TPSA) is 66.6 Å². The van der Waals surface area contributed by atoms with Crippen molar-refractivity contribution in [2.75, 3.05) is 19.7 Å². The first-order valence-corrected chi connectivity index (χ1v) is 6.35. The van der Waals surface area contributed by atoms with E-state index in [1.165, 1.54) is 0 Å². The molecule has 4 heteroatoms. The van der Waals surface area contributed by atoms with Crippen molar-refractivity contribution in [3.8, 4) is 0 Å². The highest BCUT2D eigenvalue weighted by Gasteiger charge is 2.44. The molecule has 2 aliphatic rings. The normalized spacial score (nSPS) is 28.6. The quantitative estimate of drug-likeness (QED) is 0.736. The van der Waals surface area contributed by atoms with E-state index in [0.29, 0.717) is 6.54 Å². The number of carbonyl (C=O) groups is 1. The van der Waals surface area contributed by atoms with Crippen LogP contribution in [0.2, 0.25) is 0 Å². The van der Waals surface area contributed by atoms with E-state index in [1.54, 1.807) is 0 Å². The summed E-state index contributed by atoms with van der Waals surface area (Å²) in [7, 11) is 0. The van der Waals surface area contributed by atoms with E-state index >= 15 is 0 Å². The average Bonchev–Trinajstić information content (AvgIpc) is 2.97. The number of hydrogen-bond donors (Lipinski definition) is 2. The van der Waals surface area contributed by atoms with Crippen molar-refractivity contribution in [1.82, 2.24) is 4.90 Å². The first-order valence-electron chi connectivity index (χ1n) is 6.35. The minimum absolute atomic E-state index is 0.0384. The molecule has 0 unspecified atom stereocenters. The lowest BCUT2D eigenvalue weighted by molar-refractivity contribution is -0.143. The summed E-state index contributed by atoms with van der Waals surface area (Å²) in [5.41, 5.74) is 5.51. The molecule has 2 fully saturated rings. The Morgan fingerprint density at radius 2 is 2.06 bits per heavy atom. The van der Waals surface area contributed by atoms with Gasteiger partial charge in [-0.2, -0.15) is 0 Å². The predicted molar refractivity (Wildman–Crippen MR) is 61.8 cm³/mol. The summed E-state index contributed by atoms with van der Waals surface area (Å²) >= 11 is 0. The molecule has 2 rings (SSSR count). The third-order valence-corrected chi connectivity index (χ3v) is 4.25. The van der Waals surface area contributed by atoms with Crippen LogP contribution in [0.5, 0.6) is 0 Å². The Labute approximate surface area is 96.8 Å². The summed E-state index contributed by atoms with van der Waals surface area (Å²) in [4.78, 5) is 14.4. The SMILES string of the molecule is NCC1(C(=O)N2CCC[C@@H]2CO)CCCC1. The third kappa shape index (κ3) is 1.84. The molecular weight excluding hydrogens is 204 g/mol. The van der Waals surface area contributed by atoms with Crippen LogP contribution in [0.1, 0.15) is 38.5 Å². The van der Waals surface area contributed by atoms with Crippen molar-refractivity contribution in [2.24, 2.45) is 11.1 Å². The van der Waals surface area contributed by atoms with Crippen LogP contribution in [0.3, 0.4) is 0 Å². The van der Waals surface area contributed by atoms with Gasteiger partial charge in [0, 0.05) is 13.1 Å². The first kappa shape index (κ1) is 11.9. The molecule has 1 saturated carbocycles. The maximum Gasteiger partial charge on any atom is 0.230 e. The second-order valence-electron chi connectivity index (χ2n) is 5.17. The zero-order valence-electron chi connectivity index (χ0n) is 9.82. The van der Waals surface area contributed by atoms with Gasteiger partial charge in [-0.05, 0) is 25.7 Å². The summed E-state index contributed by atoms with van der Waals surface area (Å²) in [5, 5.41) is 9.26. The molecule has 1 heterocycles. The smallest absolute Gasteiger partial charge is 0.230 e. The standard InChI is InChI=1S/C12H22N2O2/c13-9-12(5-1-2-6-12)11(16)14-7-3-4-10(14)8-15/h10,15H,1-9,13H2/t10-/m1/s1. The molecule has 0 aromatic carbocycles. The Hall–Kier alpha value is -0.610. The number of nitrogens with two attached hydrogens (primary N) is 1. The Kier molecular flexibility index (Phi) is 3.50. The second kappa shape index (κ2) is 4.72. The van der Waals surface area contributed by atoms with Crippen molar-refractivity contribution in [1.29, 1.82) is 0 Å². The van der Waals surface area contributed by atoms with E-state index in [2.05, 4.69) is 0 Å². The zero-order chi connectivity index (χ0) is 11.6. The van der Waals surface area contributed by atoms with Gasteiger partial charge in [0.2, 0.25) is 5.91 Å². The molecule has 1 aliphatic heterocycles. The van der Waals surface area contributed by atoms with Gasteiger partial charge in [0.25, 0.3) is 0 Å². The van der Waals surface area contributed by atoms with Gasteiger partial charge in [-0.1, -0.05) is 12.8 Å². The van der Waals surface area contributed by atoms with Crippen LogP contribution in [-0.4, -0.2) is 41.7 Å². The second-order valence-corrected chi connectivity index (χ2v) is 5.17. The van der Waals surface area contributed by atoms with Crippen molar-refractivity contribution >= 4 is 5.91 Å². The molecule has 0 radical (unpaired) electrons. The van der Waals surface area contributed by atoms with Gasteiger partial charge in [0.05, 0.1) is 18.1 Å². The minimum Gasteiger partial charge on any atom is -0.394 e. The lowest BCUT2D eigenvalue weighted by atomic mass is 9.84. The van der Waals surface area contributed by atoms with E-state index < -0.39 is 0 Å². The van der Waals surface area contributed by atoms with E-state index in [9.17, 15) is 9.90 Å². The number of hydrogen-bond acceptors (Lipinski definition) is 3. The third-order valence-electron chi connectivity index (χ3n) is 4.25. The molecule has 1 amide bonds. The highest BCUT2D eigenvalue weighted by molar-refractivity contribution is 5.84. The van der Waals surface area contributed by atoms with Crippen LogP contribution in [0.4, 0.5) is 0 Å².